The molecule has 9 heteroatoms. The number of aliphatic hydroxyl groups is 1. The monoisotopic (exact) mass is 434 g/mol. The zero-order chi connectivity index (χ0) is 22.7. The second kappa shape index (κ2) is 9.11. The van der Waals surface area contributed by atoms with Gasteiger partial charge in [-0.2, -0.15) is 0 Å². The Morgan fingerprint density at radius 3 is 2.81 bits per heavy atom. The van der Waals surface area contributed by atoms with Crippen molar-refractivity contribution in [1.82, 2.24) is 19.9 Å². The van der Waals surface area contributed by atoms with Gasteiger partial charge in [0, 0.05) is 23.3 Å². The Labute approximate surface area is 184 Å². The van der Waals surface area contributed by atoms with Crippen LogP contribution in [0.25, 0.3) is 22.3 Å². The summed E-state index contributed by atoms with van der Waals surface area (Å²) < 4.78 is 15.0. The van der Waals surface area contributed by atoms with Crippen LogP contribution in [0.5, 0.6) is 0 Å². The Kier molecular flexibility index (Phi) is 6.09. The first-order valence-corrected chi connectivity index (χ1v) is 10.2. The van der Waals surface area contributed by atoms with Gasteiger partial charge in [-0.1, -0.05) is 19.9 Å². The molecule has 4 rings (SSSR count). The van der Waals surface area contributed by atoms with Crippen molar-refractivity contribution in [1.29, 1.82) is 0 Å². The van der Waals surface area contributed by atoms with Gasteiger partial charge in [-0.05, 0) is 35.7 Å². The number of hydrogen-bond donors (Lipinski definition) is 3. The molecule has 4 aromatic rings. The molecule has 0 atom stereocenters. The molecule has 0 unspecified atom stereocenters. The summed E-state index contributed by atoms with van der Waals surface area (Å²) in [6.45, 7) is 3.93. The summed E-state index contributed by atoms with van der Waals surface area (Å²) in [6.07, 6.45) is 6.41. The molecule has 0 spiro atoms. The third-order valence-corrected chi connectivity index (χ3v) is 5.13. The van der Waals surface area contributed by atoms with E-state index in [1.807, 2.05) is 6.20 Å². The first-order valence-electron chi connectivity index (χ1n) is 10.2. The van der Waals surface area contributed by atoms with E-state index in [0.29, 0.717) is 22.6 Å². The van der Waals surface area contributed by atoms with Gasteiger partial charge in [0.25, 0.3) is 0 Å². The predicted molar refractivity (Wildman–Crippen MR) is 121 cm³/mol. The first-order chi connectivity index (χ1) is 15.5. The van der Waals surface area contributed by atoms with Crippen LogP contribution in [0.15, 0.2) is 55.2 Å². The maximum atomic E-state index is 15.0. The standard InChI is InChI=1S/C23H23FN6O2/c1-14(2)17-12-26-22-20(17)21(27-13-28-22)15-5-6-19(18(24)10-15)29-23(32)30(8-9-31)16-4-3-7-25-11-16/h3-7,10-14,31H,8-9H2,1-2H3,(H,29,32)(H,26,27,28). The quantitative estimate of drug-likeness (QED) is 0.419. The lowest BCUT2D eigenvalue weighted by molar-refractivity contribution is 0.252. The number of carbonyl (C=O) groups is 1. The lowest BCUT2D eigenvalue weighted by Crippen LogP contribution is -2.37. The minimum absolute atomic E-state index is 0.0223. The Balaban J connectivity index is 1.64. The summed E-state index contributed by atoms with van der Waals surface area (Å²) in [7, 11) is 0. The second-order valence-electron chi connectivity index (χ2n) is 7.56. The molecule has 8 nitrogen and oxygen atoms in total. The molecule has 0 bridgehead atoms. The molecule has 3 heterocycles. The topological polar surface area (TPSA) is 107 Å². The van der Waals surface area contributed by atoms with Gasteiger partial charge in [0.1, 0.15) is 17.8 Å². The Morgan fingerprint density at radius 2 is 2.12 bits per heavy atom. The zero-order valence-corrected chi connectivity index (χ0v) is 17.7. The Hall–Kier alpha value is -3.85. The molecule has 0 aliphatic rings. The number of nitrogens with zero attached hydrogens (tertiary/aromatic N) is 4. The van der Waals surface area contributed by atoms with Gasteiger partial charge in [-0.3, -0.25) is 9.88 Å². The molecule has 0 saturated heterocycles. The molecule has 0 saturated carbocycles. The molecule has 3 aromatic heterocycles. The van der Waals surface area contributed by atoms with Crippen LogP contribution in [0.2, 0.25) is 0 Å². The van der Waals surface area contributed by atoms with Crippen LogP contribution in [-0.4, -0.2) is 44.2 Å². The number of fused-ring (bicyclic) bond motifs is 1. The molecule has 2 amide bonds. The number of H-pyrrole nitrogens is 1. The molecule has 3 N–H and O–H groups in total. The number of aromatic nitrogens is 4. The minimum atomic E-state index is -0.598. The lowest BCUT2D eigenvalue weighted by atomic mass is 9.99. The van der Waals surface area contributed by atoms with E-state index < -0.39 is 11.8 Å². The van der Waals surface area contributed by atoms with Crippen molar-refractivity contribution < 1.29 is 14.3 Å². The number of amides is 2. The van der Waals surface area contributed by atoms with Crippen molar-refractivity contribution in [2.24, 2.45) is 0 Å². The van der Waals surface area contributed by atoms with Crippen molar-refractivity contribution in [2.45, 2.75) is 19.8 Å². The van der Waals surface area contributed by atoms with E-state index in [9.17, 15) is 14.3 Å². The highest BCUT2D eigenvalue weighted by Crippen LogP contribution is 2.33. The van der Waals surface area contributed by atoms with Crippen molar-refractivity contribution in [3.8, 4) is 11.3 Å². The highest BCUT2D eigenvalue weighted by Gasteiger charge is 2.19. The minimum Gasteiger partial charge on any atom is -0.395 e. The van der Waals surface area contributed by atoms with Crippen LogP contribution < -0.4 is 10.2 Å². The molecule has 0 aliphatic carbocycles. The summed E-state index contributed by atoms with van der Waals surface area (Å²) in [5.74, 6) is -0.360. The van der Waals surface area contributed by atoms with Gasteiger partial charge in [-0.15, -0.1) is 0 Å². The van der Waals surface area contributed by atoms with Crippen molar-refractivity contribution in [3.05, 3.63) is 66.6 Å². The Morgan fingerprint density at radius 1 is 1.28 bits per heavy atom. The average Bonchev–Trinajstić information content (AvgIpc) is 3.24. The van der Waals surface area contributed by atoms with Crippen LogP contribution in [0.4, 0.5) is 20.6 Å². The van der Waals surface area contributed by atoms with Crippen LogP contribution >= 0.6 is 0 Å². The van der Waals surface area contributed by atoms with E-state index >= 15 is 0 Å². The van der Waals surface area contributed by atoms with Gasteiger partial charge < -0.3 is 15.4 Å². The summed E-state index contributed by atoms with van der Waals surface area (Å²) in [4.78, 5) is 29.8. The predicted octanol–water partition coefficient (Wildman–Crippen LogP) is 4.31. The number of aromatic amines is 1. The van der Waals surface area contributed by atoms with E-state index in [4.69, 9.17) is 0 Å². The zero-order valence-electron chi connectivity index (χ0n) is 17.7. The summed E-state index contributed by atoms with van der Waals surface area (Å²) in [6, 6.07) is 7.34. The fraction of sp³-hybridized carbons (Fsp3) is 0.217. The number of rotatable bonds is 6. The molecule has 0 aliphatic heterocycles. The number of benzene rings is 1. The van der Waals surface area contributed by atoms with Crippen LogP contribution in [0, 0.1) is 5.82 Å². The van der Waals surface area contributed by atoms with Crippen LogP contribution in [-0.2, 0) is 0 Å². The van der Waals surface area contributed by atoms with Gasteiger partial charge in [0.15, 0.2) is 0 Å². The highest BCUT2D eigenvalue weighted by molar-refractivity contribution is 6.02. The van der Waals surface area contributed by atoms with Gasteiger partial charge in [0.2, 0.25) is 0 Å². The van der Waals surface area contributed by atoms with Crippen molar-refractivity contribution in [3.63, 3.8) is 0 Å². The van der Waals surface area contributed by atoms with E-state index in [0.717, 1.165) is 10.9 Å². The number of nitrogens with one attached hydrogen (secondary N) is 2. The molecular formula is C23H23FN6O2. The van der Waals surface area contributed by atoms with Crippen molar-refractivity contribution in [2.75, 3.05) is 23.4 Å². The molecule has 0 radical (unpaired) electrons. The number of pyridine rings is 1. The molecular weight excluding hydrogens is 411 g/mol. The molecule has 1 aromatic carbocycles. The van der Waals surface area contributed by atoms with E-state index in [2.05, 4.69) is 39.1 Å². The summed E-state index contributed by atoms with van der Waals surface area (Å²) in [5, 5.41) is 12.7. The fourth-order valence-electron chi connectivity index (χ4n) is 3.57. The normalized spacial score (nSPS) is 11.2. The van der Waals surface area contributed by atoms with E-state index in [1.54, 1.807) is 24.4 Å². The molecule has 32 heavy (non-hydrogen) atoms. The van der Waals surface area contributed by atoms with Gasteiger partial charge in [-0.25, -0.2) is 19.2 Å². The van der Waals surface area contributed by atoms with Crippen LogP contribution in [0.3, 0.4) is 0 Å². The van der Waals surface area contributed by atoms with E-state index in [1.165, 1.54) is 29.6 Å². The number of hydrogen-bond acceptors (Lipinski definition) is 5. The third-order valence-electron chi connectivity index (χ3n) is 5.13. The highest BCUT2D eigenvalue weighted by atomic mass is 19.1. The molecule has 0 fully saturated rings. The largest absolute Gasteiger partial charge is 0.395 e. The Bertz CT molecular complexity index is 1240. The van der Waals surface area contributed by atoms with Gasteiger partial charge >= 0.3 is 6.03 Å². The number of urea groups is 1. The fourth-order valence-corrected chi connectivity index (χ4v) is 3.57. The lowest BCUT2D eigenvalue weighted by Gasteiger charge is -2.22. The SMILES string of the molecule is CC(C)c1c[nH]c2ncnc(-c3ccc(NC(=O)N(CCO)c4cccnc4)c(F)c3)c12. The maximum absolute atomic E-state index is 15.0. The number of halogens is 1. The first kappa shape index (κ1) is 21.4. The summed E-state index contributed by atoms with van der Waals surface area (Å²) in [5.41, 5.74) is 3.45. The second-order valence-corrected chi connectivity index (χ2v) is 7.56. The number of carbonyl (C=O) groups excluding carboxylic acids is 1. The van der Waals surface area contributed by atoms with E-state index in [-0.39, 0.29) is 24.8 Å². The number of anilines is 2. The number of aliphatic hydroxyl groups excluding tert-OH is 1. The van der Waals surface area contributed by atoms with Crippen LogP contribution in [0.1, 0.15) is 25.3 Å². The average molecular weight is 434 g/mol. The third kappa shape index (κ3) is 4.15. The summed E-state index contributed by atoms with van der Waals surface area (Å²) >= 11 is 0. The van der Waals surface area contributed by atoms with Gasteiger partial charge in [0.05, 0.1) is 36.4 Å². The maximum Gasteiger partial charge on any atom is 0.326 e. The van der Waals surface area contributed by atoms with Crippen molar-refractivity contribution >= 4 is 28.4 Å². The smallest absolute Gasteiger partial charge is 0.326 e. The molecule has 164 valence electrons.